The number of nitrogens with zero attached hydrogens (tertiary/aromatic N) is 3. The maximum Gasteiger partial charge on any atom is 0.248 e. The molecule has 0 aliphatic carbocycles. The zero-order chi connectivity index (χ0) is 28.9. The number of amides is 3. The van der Waals surface area contributed by atoms with Gasteiger partial charge in [-0.05, 0) is 44.2 Å². The van der Waals surface area contributed by atoms with Crippen molar-refractivity contribution in [3.63, 3.8) is 0 Å². The van der Waals surface area contributed by atoms with Crippen LogP contribution in [0.4, 0.5) is 5.69 Å². The molecule has 3 aliphatic rings. The van der Waals surface area contributed by atoms with Gasteiger partial charge in [-0.2, -0.15) is 0 Å². The highest BCUT2D eigenvalue weighted by Gasteiger charge is 2.79. The summed E-state index contributed by atoms with van der Waals surface area (Å²) in [5.74, 6) is -2.04. The summed E-state index contributed by atoms with van der Waals surface area (Å²) >= 11 is 0. The standard InChI is InChI=1S/C32H45N3O5/c1-5-9-13-21-33(19-6-2)30(39)27-32-18-17-31(8-4,40-32)25(26(32)29(38)35(27)22-14-23-36)28(37)34(20-7-3)24-15-11-10-12-16-24/h6-7,10-12,15-16,25-27,36H,2-3,5,8-9,13-14,17-23H2,1,4H3/t25-,26+,27?,31+,32?/m1/s1. The van der Waals surface area contributed by atoms with Crippen LogP contribution in [0.25, 0.3) is 0 Å². The molecule has 0 aromatic heterocycles. The first-order chi connectivity index (χ1) is 19.4. The van der Waals surface area contributed by atoms with Gasteiger partial charge in [-0.25, -0.2) is 0 Å². The van der Waals surface area contributed by atoms with Gasteiger partial charge in [-0.3, -0.25) is 14.4 Å². The van der Waals surface area contributed by atoms with Crippen LogP contribution in [0.2, 0.25) is 0 Å². The summed E-state index contributed by atoms with van der Waals surface area (Å²) in [4.78, 5) is 48.2. The van der Waals surface area contributed by atoms with Crippen LogP contribution in [0.5, 0.6) is 0 Å². The Hall–Kier alpha value is -2.97. The average molecular weight is 552 g/mol. The van der Waals surface area contributed by atoms with E-state index in [0.29, 0.717) is 45.3 Å². The highest BCUT2D eigenvalue weighted by molar-refractivity contribution is 6.03. The number of ether oxygens (including phenoxy) is 1. The molecule has 1 aromatic carbocycles. The molecule has 1 N–H and O–H groups in total. The van der Waals surface area contributed by atoms with Gasteiger partial charge in [0.15, 0.2) is 0 Å². The molecule has 3 fully saturated rings. The van der Waals surface area contributed by atoms with Crippen LogP contribution in [0, 0.1) is 11.8 Å². The molecule has 1 aromatic rings. The summed E-state index contributed by atoms with van der Waals surface area (Å²) in [7, 11) is 0. The lowest BCUT2D eigenvalue weighted by Crippen LogP contribution is -2.56. The van der Waals surface area contributed by atoms with E-state index in [1.165, 1.54) is 0 Å². The lowest BCUT2D eigenvalue weighted by Gasteiger charge is -2.37. The van der Waals surface area contributed by atoms with Gasteiger partial charge >= 0.3 is 0 Å². The van der Waals surface area contributed by atoms with E-state index >= 15 is 0 Å². The number of carbonyl (C=O) groups excluding carboxylic acids is 3. The number of unbranched alkanes of at least 4 members (excludes halogenated alkanes) is 2. The second kappa shape index (κ2) is 12.7. The Balaban J connectivity index is 1.77. The smallest absolute Gasteiger partial charge is 0.248 e. The third-order valence-electron chi connectivity index (χ3n) is 9.08. The molecule has 3 aliphatic heterocycles. The van der Waals surface area contributed by atoms with Crippen molar-refractivity contribution in [2.24, 2.45) is 11.8 Å². The van der Waals surface area contributed by atoms with E-state index < -0.39 is 29.1 Å². The van der Waals surface area contributed by atoms with Gasteiger partial charge < -0.3 is 24.5 Å². The van der Waals surface area contributed by atoms with Crippen LogP contribution in [0.1, 0.15) is 58.8 Å². The minimum absolute atomic E-state index is 0.0987. The van der Waals surface area contributed by atoms with Gasteiger partial charge in [0, 0.05) is 38.5 Å². The fourth-order valence-electron chi connectivity index (χ4n) is 7.25. The number of carbonyl (C=O) groups is 3. The van der Waals surface area contributed by atoms with Crippen molar-refractivity contribution in [2.75, 3.05) is 37.7 Å². The third kappa shape index (κ3) is 5.00. The molecule has 40 heavy (non-hydrogen) atoms. The van der Waals surface area contributed by atoms with Gasteiger partial charge in [0.05, 0.1) is 17.4 Å². The van der Waals surface area contributed by atoms with Crippen LogP contribution in [-0.2, 0) is 19.1 Å². The number of hydrogen-bond acceptors (Lipinski definition) is 5. The first-order valence-electron chi connectivity index (χ1n) is 14.8. The summed E-state index contributed by atoms with van der Waals surface area (Å²) in [5, 5.41) is 9.64. The SMILES string of the molecule is C=CCN(CCCCC)C(=O)C1N(CCCO)C(=O)[C@@H]2[C@H](C(=O)N(CC=C)c3ccccc3)[C@]3(CC)CCC12O3. The molecule has 4 rings (SSSR count). The molecule has 218 valence electrons. The minimum Gasteiger partial charge on any atom is -0.396 e. The first-order valence-corrected chi connectivity index (χ1v) is 14.8. The second-order valence-electron chi connectivity index (χ2n) is 11.3. The van der Waals surface area contributed by atoms with Gasteiger partial charge in [0.1, 0.15) is 11.6 Å². The third-order valence-corrected chi connectivity index (χ3v) is 9.08. The van der Waals surface area contributed by atoms with E-state index in [9.17, 15) is 19.5 Å². The van der Waals surface area contributed by atoms with Crippen molar-refractivity contribution in [1.82, 2.24) is 9.80 Å². The molecule has 8 nitrogen and oxygen atoms in total. The molecule has 2 bridgehead atoms. The fourth-order valence-corrected chi connectivity index (χ4v) is 7.25. The van der Waals surface area contributed by atoms with Crippen LogP contribution >= 0.6 is 0 Å². The van der Waals surface area contributed by atoms with Crippen LogP contribution in [0.15, 0.2) is 55.6 Å². The number of para-hydroxylation sites is 1. The fraction of sp³-hybridized carbons (Fsp3) is 0.594. The number of hydrogen-bond donors (Lipinski definition) is 1. The van der Waals surface area contributed by atoms with E-state index in [-0.39, 0.29) is 30.9 Å². The molecule has 1 spiro atoms. The van der Waals surface area contributed by atoms with Gasteiger partial charge in [0.2, 0.25) is 17.7 Å². The summed E-state index contributed by atoms with van der Waals surface area (Å²) in [6.45, 7) is 13.2. The lowest BCUT2D eigenvalue weighted by molar-refractivity contribution is -0.152. The van der Waals surface area contributed by atoms with Gasteiger partial charge in [-0.1, -0.05) is 57.0 Å². The van der Waals surface area contributed by atoms with Crippen molar-refractivity contribution in [1.29, 1.82) is 0 Å². The average Bonchev–Trinajstić information content (AvgIpc) is 3.57. The monoisotopic (exact) mass is 551 g/mol. The summed E-state index contributed by atoms with van der Waals surface area (Å²) in [6.07, 6.45) is 8.35. The van der Waals surface area contributed by atoms with E-state index in [4.69, 9.17) is 4.74 Å². The number of anilines is 1. The molecule has 2 unspecified atom stereocenters. The number of rotatable bonds is 15. The molecule has 8 heteroatoms. The summed E-state index contributed by atoms with van der Waals surface area (Å²) in [6, 6.07) is 8.58. The number of benzene rings is 1. The lowest BCUT2D eigenvalue weighted by atomic mass is 9.64. The molecule has 0 saturated carbocycles. The van der Waals surface area contributed by atoms with E-state index in [0.717, 1.165) is 24.9 Å². The van der Waals surface area contributed by atoms with Crippen molar-refractivity contribution in [2.45, 2.75) is 76.0 Å². The zero-order valence-corrected chi connectivity index (χ0v) is 24.1. The highest BCUT2D eigenvalue weighted by atomic mass is 16.5. The number of likely N-dealkylation sites (tertiary alicyclic amines) is 1. The Morgan fingerprint density at radius 2 is 1.80 bits per heavy atom. The van der Waals surface area contributed by atoms with E-state index in [1.807, 2.05) is 37.3 Å². The molecule has 3 amide bonds. The Morgan fingerprint density at radius 1 is 1.07 bits per heavy atom. The zero-order valence-electron chi connectivity index (χ0n) is 24.1. The predicted molar refractivity (Wildman–Crippen MR) is 156 cm³/mol. The Labute approximate surface area is 238 Å². The topological polar surface area (TPSA) is 90.4 Å². The van der Waals surface area contributed by atoms with Crippen molar-refractivity contribution < 1.29 is 24.2 Å². The Bertz CT molecular complexity index is 1090. The maximum atomic E-state index is 14.5. The first kappa shape index (κ1) is 30.0. The summed E-state index contributed by atoms with van der Waals surface area (Å²) in [5.41, 5.74) is -1.17. The molecular weight excluding hydrogens is 506 g/mol. The van der Waals surface area contributed by atoms with E-state index in [1.54, 1.807) is 26.9 Å². The van der Waals surface area contributed by atoms with Gasteiger partial charge in [-0.15, -0.1) is 13.2 Å². The highest BCUT2D eigenvalue weighted by Crippen LogP contribution is 2.64. The van der Waals surface area contributed by atoms with Crippen LogP contribution < -0.4 is 4.90 Å². The quantitative estimate of drug-likeness (QED) is 0.263. The molecule has 3 saturated heterocycles. The number of fused-ring (bicyclic) bond motifs is 1. The second-order valence-corrected chi connectivity index (χ2v) is 11.3. The Morgan fingerprint density at radius 3 is 2.42 bits per heavy atom. The van der Waals surface area contributed by atoms with Crippen molar-refractivity contribution in [3.8, 4) is 0 Å². The molecule has 0 radical (unpaired) electrons. The van der Waals surface area contributed by atoms with Gasteiger partial charge in [0.25, 0.3) is 0 Å². The van der Waals surface area contributed by atoms with E-state index in [2.05, 4.69) is 20.1 Å². The van der Waals surface area contributed by atoms with Crippen molar-refractivity contribution in [3.05, 3.63) is 55.6 Å². The summed E-state index contributed by atoms with van der Waals surface area (Å²) < 4.78 is 6.92. The molecular formula is C32H45N3O5. The number of aliphatic hydroxyl groups is 1. The maximum absolute atomic E-state index is 14.5. The van der Waals surface area contributed by atoms with Crippen LogP contribution in [0.3, 0.4) is 0 Å². The largest absolute Gasteiger partial charge is 0.396 e. The Kier molecular flexibility index (Phi) is 9.52. The predicted octanol–water partition coefficient (Wildman–Crippen LogP) is 3.95. The number of aliphatic hydroxyl groups excluding tert-OH is 1. The minimum atomic E-state index is -1.08. The molecule has 5 atom stereocenters. The van der Waals surface area contributed by atoms with Crippen molar-refractivity contribution >= 4 is 23.4 Å². The van der Waals surface area contributed by atoms with Crippen LogP contribution in [-0.4, -0.2) is 82.7 Å². The normalized spacial score (nSPS) is 28.4. The molecule has 3 heterocycles.